The molecule has 0 saturated heterocycles. The number of esters is 1. The van der Waals surface area contributed by atoms with Gasteiger partial charge in [-0.25, -0.2) is 14.2 Å². The van der Waals surface area contributed by atoms with E-state index in [2.05, 4.69) is 10.2 Å². The van der Waals surface area contributed by atoms with Gasteiger partial charge in [0.15, 0.2) is 0 Å². The standard InChI is InChI=1S/C32H38F3N7O4/c1-21-27(29(44)46-5)28(23-14-12-22(19-36)13-15-23)42(30(37)41(21)25-11-9-10-24(18-25)32(33,34)35)31(45)38-20-26(43)40(4)17-8-6-7-16-39(2)3/h9-15,18,28,37H,6-8,16-17,20H2,1-5H3,(H,38,45)/p+1/t28-/m1/s1. The van der Waals surface area contributed by atoms with E-state index in [1.165, 1.54) is 48.2 Å². The average molecular weight is 643 g/mol. The van der Waals surface area contributed by atoms with E-state index in [4.69, 9.17) is 10.5 Å². The average Bonchev–Trinajstić information content (AvgIpc) is 3.02. The van der Waals surface area contributed by atoms with E-state index >= 15 is 0 Å². The topological polar surface area (TPSA) is 135 Å². The molecule has 11 nitrogen and oxygen atoms in total. The molecule has 0 saturated carbocycles. The fourth-order valence-electron chi connectivity index (χ4n) is 5.10. The number of ether oxygens (including phenoxy) is 1. The molecule has 0 aromatic heterocycles. The summed E-state index contributed by atoms with van der Waals surface area (Å²) < 4.78 is 47.2. The van der Waals surface area contributed by atoms with Crippen molar-refractivity contribution in [2.24, 2.45) is 5.73 Å². The van der Waals surface area contributed by atoms with Gasteiger partial charge in [0.25, 0.3) is 0 Å². The molecule has 0 aliphatic carbocycles. The highest BCUT2D eigenvalue weighted by atomic mass is 19.4. The Morgan fingerprint density at radius 2 is 1.72 bits per heavy atom. The maximum atomic E-state index is 13.9. The Bertz CT molecular complexity index is 1550. The zero-order valence-electron chi connectivity index (χ0n) is 26.5. The lowest BCUT2D eigenvalue weighted by Gasteiger charge is -2.33. The largest absolute Gasteiger partial charge is 0.465 e. The van der Waals surface area contributed by atoms with Gasteiger partial charge < -0.3 is 19.9 Å². The molecule has 0 bridgehead atoms. The van der Waals surface area contributed by atoms with E-state index in [0.29, 0.717) is 17.7 Å². The highest BCUT2D eigenvalue weighted by molar-refractivity contribution is 6.00. The number of nitrogens with one attached hydrogen (secondary N) is 1. The van der Waals surface area contributed by atoms with Crippen molar-refractivity contribution in [3.8, 4) is 6.07 Å². The molecule has 1 atom stereocenters. The highest BCUT2D eigenvalue weighted by Crippen LogP contribution is 2.39. The van der Waals surface area contributed by atoms with E-state index in [1.807, 2.05) is 20.2 Å². The van der Waals surface area contributed by atoms with Crippen molar-refractivity contribution >= 4 is 29.6 Å². The Morgan fingerprint density at radius 3 is 2.30 bits per heavy atom. The van der Waals surface area contributed by atoms with E-state index in [-0.39, 0.29) is 28.8 Å². The van der Waals surface area contributed by atoms with Crippen LogP contribution in [-0.2, 0) is 20.5 Å². The number of likely N-dealkylation sites (N-methyl/N-ethyl adjacent to an activating group) is 1. The number of carbonyl (C=O) groups is 3. The summed E-state index contributed by atoms with van der Waals surface area (Å²) in [5.74, 6) is -1.56. The lowest BCUT2D eigenvalue weighted by molar-refractivity contribution is -0.396. The molecule has 3 amide bonds. The van der Waals surface area contributed by atoms with Gasteiger partial charge in [-0.05, 0) is 76.3 Å². The summed E-state index contributed by atoms with van der Waals surface area (Å²) >= 11 is 0. The van der Waals surface area contributed by atoms with E-state index in [1.54, 1.807) is 7.05 Å². The molecule has 2 aromatic carbocycles. The maximum absolute atomic E-state index is 13.9. The van der Waals surface area contributed by atoms with Gasteiger partial charge >= 0.3 is 24.1 Å². The van der Waals surface area contributed by atoms with Gasteiger partial charge in [0.05, 0.1) is 36.5 Å². The van der Waals surface area contributed by atoms with Crippen molar-refractivity contribution in [2.45, 2.75) is 38.4 Å². The number of rotatable bonds is 11. The second kappa shape index (κ2) is 15.4. The Hall–Kier alpha value is -4.90. The Morgan fingerprint density at radius 1 is 1.07 bits per heavy atom. The van der Waals surface area contributed by atoms with Crippen molar-refractivity contribution in [1.82, 2.24) is 20.0 Å². The molecule has 0 fully saturated rings. The quantitative estimate of drug-likeness (QED) is 0.215. The minimum Gasteiger partial charge on any atom is -0.465 e. The first-order valence-corrected chi connectivity index (χ1v) is 14.6. The van der Waals surface area contributed by atoms with Crippen LogP contribution < -0.4 is 11.1 Å². The van der Waals surface area contributed by atoms with Crippen LogP contribution in [0, 0.1) is 11.3 Å². The van der Waals surface area contributed by atoms with E-state index < -0.39 is 36.3 Å². The number of guanidine groups is 1. The Balaban J connectivity index is 2.04. The number of methoxy groups -OCH3 is 1. The molecule has 2 aromatic rings. The van der Waals surface area contributed by atoms with Crippen molar-refractivity contribution in [3.05, 3.63) is 76.5 Å². The van der Waals surface area contributed by atoms with Crippen LogP contribution in [0.15, 0.2) is 59.8 Å². The van der Waals surface area contributed by atoms with E-state index in [9.17, 15) is 32.8 Å². The molecular formula is C32H39F3N7O4+. The fraction of sp³-hybridized carbons (Fsp3) is 0.406. The first-order valence-electron chi connectivity index (χ1n) is 14.6. The molecule has 3 N–H and O–H groups in total. The first kappa shape index (κ1) is 35.6. The van der Waals surface area contributed by atoms with Crippen LogP contribution >= 0.6 is 0 Å². The smallest absolute Gasteiger partial charge is 0.416 e. The summed E-state index contributed by atoms with van der Waals surface area (Å²) in [6.07, 6.45) is -2.01. The number of halogens is 3. The van der Waals surface area contributed by atoms with Gasteiger partial charge in [0, 0.05) is 13.6 Å². The van der Waals surface area contributed by atoms with Crippen molar-refractivity contribution in [3.63, 3.8) is 0 Å². The zero-order chi connectivity index (χ0) is 34.2. The third kappa shape index (κ3) is 8.42. The third-order valence-electron chi connectivity index (χ3n) is 7.56. The van der Waals surface area contributed by atoms with Gasteiger partial charge in [-0.1, -0.05) is 24.6 Å². The van der Waals surface area contributed by atoms with Crippen LogP contribution in [0.25, 0.3) is 0 Å². The number of hydrogen-bond acceptors (Lipinski definition) is 7. The van der Waals surface area contributed by atoms with Crippen LogP contribution in [0.2, 0.25) is 0 Å². The third-order valence-corrected chi connectivity index (χ3v) is 7.56. The maximum Gasteiger partial charge on any atom is 0.416 e. The Kier molecular flexibility index (Phi) is 11.9. The summed E-state index contributed by atoms with van der Waals surface area (Å²) in [7, 11) is 6.73. The number of allylic oxidation sites excluding steroid dienone is 1. The number of carbonyl (C=O) groups excluding carboxylic acids is 3. The number of nitriles is 1. The molecule has 46 heavy (non-hydrogen) atoms. The highest BCUT2D eigenvalue weighted by Gasteiger charge is 2.47. The summed E-state index contributed by atoms with van der Waals surface area (Å²) in [6, 6.07) is 10.2. The molecule has 3 rings (SSSR count). The second-order valence-corrected chi connectivity index (χ2v) is 11.1. The molecule has 1 heterocycles. The number of unbranched alkanes of at least 4 members (excludes halogenated alkanes) is 2. The van der Waals surface area contributed by atoms with Crippen LogP contribution in [0.1, 0.15) is 48.9 Å². The van der Waals surface area contributed by atoms with Crippen LogP contribution in [0.3, 0.4) is 0 Å². The number of benzene rings is 2. The second-order valence-electron chi connectivity index (χ2n) is 11.1. The van der Waals surface area contributed by atoms with Crippen molar-refractivity contribution < 1.29 is 36.9 Å². The van der Waals surface area contributed by atoms with Crippen LogP contribution in [0.4, 0.5) is 23.7 Å². The summed E-state index contributed by atoms with van der Waals surface area (Å²) in [6.45, 7) is 2.48. The van der Waals surface area contributed by atoms with Gasteiger partial charge in [-0.2, -0.15) is 23.3 Å². The van der Waals surface area contributed by atoms with E-state index in [0.717, 1.165) is 54.5 Å². The van der Waals surface area contributed by atoms with Gasteiger partial charge in [0.1, 0.15) is 17.3 Å². The SMILES string of the molecule is COC(=O)C1=C(C)[N+](c2cccc(C(F)(F)F)c2)=C(N)N(C(=O)NCC(=O)N(C)CCCCCN(C)C)[C@@H]1c1ccc(C#N)cc1. The molecule has 1 aliphatic rings. The normalized spacial score (nSPS) is 15.1. The summed E-state index contributed by atoms with van der Waals surface area (Å²) in [4.78, 5) is 44.6. The number of amides is 3. The fourth-order valence-corrected chi connectivity index (χ4v) is 5.10. The molecular weight excluding hydrogens is 603 g/mol. The number of nitrogens with two attached hydrogens (primary N) is 1. The molecule has 1 aliphatic heterocycles. The van der Waals surface area contributed by atoms with Crippen LogP contribution in [-0.4, -0.2) is 91.0 Å². The minimum atomic E-state index is -4.68. The van der Waals surface area contributed by atoms with Crippen molar-refractivity contribution in [2.75, 3.05) is 47.9 Å². The summed E-state index contributed by atoms with van der Waals surface area (Å²) in [5.41, 5.74) is 6.24. The predicted octanol–water partition coefficient (Wildman–Crippen LogP) is 3.94. The lowest BCUT2D eigenvalue weighted by atomic mass is 9.93. The van der Waals surface area contributed by atoms with Gasteiger partial charge in [0.2, 0.25) is 5.91 Å². The molecule has 0 spiro atoms. The molecule has 14 heteroatoms. The molecule has 0 radical (unpaired) electrons. The number of urea groups is 1. The number of hydrogen-bond donors (Lipinski definition) is 2. The lowest BCUT2D eigenvalue weighted by Crippen LogP contribution is -2.56. The first-order chi connectivity index (χ1) is 21.7. The minimum absolute atomic E-state index is 0.0626. The van der Waals surface area contributed by atoms with Crippen molar-refractivity contribution in [1.29, 1.82) is 5.26 Å². The zero-order valence-corrected chi connectivity index (χ0v) is 26.5. The summed E-state index contributed by atoms with van der Waals surface area (Å²) in [5, 5.41) is 11.9. The molecule has 246 valence electrons. The predicted molar refractivity (Wildman–Crippen MR) is 164 cm³/mol. The Labute approximate surface area is 266 Å². The monoisotopic (exact) mass is 642 g/mol. The number of alkyl halides is 3. The van der Waals surface area contributed by atoms with Gasteiger partial charge in [-0.15, -0.1) is 0 Å². The molecule has 0 unspecified atom stereocenters. The van der Waals surface area contributed by atoms with Gasteiger partial charge in [-0.3, -0.25) is 10.5 Å². The number of nitrogens with zero attached hydrogens (tertiary/aromatic N) is 5. The van der Waals surface area contributed by atoms with Crippen LogP contribution in [0.5, 0.6) is 0 Å².